The average molecular weight is 483 g/mol. The van der Waals surface area contributed by atoms with Gasteiger partial charge in [-0.2, -0.15) is 8.78 Å². The largest absolute Gasteiger partial charge is 0.485 e. The van der Waals surface area contributed by atoms with Crippen molar-refractivity contribution >= 4 is 35.0 Å². The highest BCUT2D eigenvalue weighted by atomic mass is 35.5. The molecule has 0 aliphatic carbocycles. The average Bonchev–Trinajstić information content (AvgIpc) is 3.14. The Morgan fingerprint density at radius 2 is 2.09 bits per heavy atom. The first-order chi connectivity index (χ1) is 15.4. The van der Waals surface area contributed by atoms with E-state index in [-0.39, 0.29) is 22.4 Å². The summed E-state index contributed by atoms with van der Waals surface area (Å²) in [7, 11) is 1.78. The number of nitrogens with one attached hydrogen (secondary N) is 1. The molecule has 32 heavy (non-hydrogen) atoms. The Bertz CT molecular complexity index is 1130. The van der Waals surface area contributed by atoms with E-state index in [4.69, 9.17) is 21.1 Å². The van der Waals surface area contributed by atoms with Crippen molar-refractivity contribution in [3.63, 3.8) is 0 Å². The number of hydrogen-bond acceptors (Lipinski definition) is 7. The van der Waals surface area contributed by atoms with Crippen LogP contribution in [0.3, 0.4) is 0 Å². The molecule has 2 heterocycles. The van der Waals surface area contributed by atoms with Gasteiger partial charge in [-0.15, -0.1) is 10.2 Å². The van der Waals surface area contributed by atoms with Crippen LogP contribution in [0.2, 0.25) is 5.02 Å². The number of nitrogens with zero attached hydrogens (tertiary/aromatic N) is 3. The van der Waals surface area contributed by atoms with Gasteiger partial charge < -0.3 is 24.1 Å². The number of hydrogen-bond donors (Lipinski definition) is 1. The molecular weight excluding hydrogens is 466 g/mol. The van der Waals surface area contributed by atoms with E-state index in [2.05, 4.69) is 20.3 Å². The molecule has 0 fully saturated rings. The van der Waals surface area contributed by atoms with Crippen LogP contribution in [0.1, 0.15) is 11.9 Å². The van der Waals surface area contributed by atoms with Gasteiger partial charge in [0.2, 0.25) is 5.91 Å². The van der Waals surface area contributed by atoms with Crippen LogP contribution in [0.5, 0.6) is 17.2 Å². The van der Waals surface area contributed by atoms with Crippen LogP contribution in [-0.2, 0) is 11.8 Å². The first kappa shape index (κ1) is 22.2. The molecule has 4 rings (SSSR count). The number of halogens is 3. The van der Waals surface area contributed by atoms with Crippen LogP contribution in [0.25, 0.3) is 0 Å². The third-order valence-electron chi connectivity index (χ3n) is 4.43. The quantitative estimate of drug-likeness (QED) is 0.502. The van der Waals surface area contributed by atoms with Crippen LogP contribution >= 0.6 is 23.4 Å². The van der Waals surface area contributed by atoms with Crippen LogP contribution in [0, 0.1) is 0 Å². The number of rotatable bonds is 7. The highest BCUT2D eigenvalue weighted by Crippen LogP contribution is 2.36. The third-order valence-corrected chi connectivity index (χ3v) is 5.74. The van der Waals surface area contributed by atoms with E-state index in [1.807, 2.05) is 24.3 Å². The maximum atomic E-state index is 12.3. The molecule has 0 saturated carbocycles. The fourth-order valence-corrected chi connectivity index (χ4v) is 3.92. The summed E-state index contributed by atoms with van der Waals surface area (Å²) in [6.07, 6.45) is -0.429. The fraction of sp³-hybridized carbons (Fsp3) is 0.250. The van der Waals surface area contributed by atoms with Gasteiger partial charge in [0.15, 0.2) is 28.6 Å². The Labute approximate surface area is 190 Å². The SMILES string of the molecule is Cn1c(SCC(=O)Nc2ccc(OC(F)F)c(Cl)c2)nnc1C1COc2ccccc2O1. The van der Waals surface area contributed by atoms with Crippen molar-refractivity contribution in [2.75, 3.05) is 17.7 Å². The number of amides is 1. The summed E-state index contributed by atoms with van der Waals surface area (Å²) >= 11 is 7.08. The van der Waals surface area contributed by atoms with Gasteiger partial charge in [0.25, 0.3) is 0 Å². The van der Waals surface area contributed by atoms with Crippen molar-refractivity contribution in [3.8, 4) is 17.2 Å². The molecule has 1 aliphatic rings. The zero-order chi connectivity index (χ0) is 22.7. The lowest BCUT2D eigenvalue weighted by atomic mass is 10.2. The molecule has 1 amide bonds. The monoisotopic (exact) mass is 482 g/mol. The molecule has 3 aromatic rings. The van der Waals surface area contributed by atoms with E-state index in [9.17, 15) is 13.6 Å². The number of anilines is 1. The molecule has 0 saturated heterocycles. The summed E-state index contributed by atoms with van der Waals surface area (Å²) in [6.45, 7) is -2.69. The predicted molar refractivity (Wildman–Crippen MR) is 114 cm³/mol. The lowest BCUT2D eigenvalue weighted by Crippen LogP contribution is -2.24. The molecule has 168 valence electrons. The van der Waals surface area contributed by atoms with Crippen LogP contribution < -0.4 is 19.5 Å². The molecule has 0 spiro atoms. The van der Waals surface area contributed by atoms with Crippen LogP contribution in [0.4, 0.5) is 14.5 Å². The highest BCUT2D eigenvalue weighted by Gasteiger charge is 2.27. The normalized spacial score (nSPS) is 15.0. The smallest absolute Gasteiger partial charge is 0.387 e. The predicted octanol–water partition coefficient (Wildman–Crippen LogP) is 4.31. The summed E-state index contributed by atoms with van der Waals surface area (Å²) < 4.78 is 42.3. The first-order valence-corrected chi connectivity index (χ1v) is 10.7. The Morgan fingerprint density at radius 1 is 1.31 bits per heavy atom. The zero-order valence-corrected chi connectivity index (χ0v) is 18.2. The van der Waals surface area contributed by atoms with Gasteiger partial charge in [-0.25, -0.2) is 0 Å². The summed E-state index contributed by atoms with van der Waals surface area (Å²) in [4.78, 5) is 12.3. The molecule has 0 bridgehead atoms. The van der Waals surface area contributed by atoms with E-state index in [0.717, 1.165) is 0 Å². The van der Waals surface area contributed by atoms with Crippen molar-refractivity contribution in [2.45, 2.75) is 17.9 Å². The lowest BCUT2D eigenvalue weighted by molar-refractivity contribution is -0.113. The molecule has 1 unspecified atom stereocenters. The molecule has 1 atom stereocenters. The second-order valence-corrected chi connectivity index (χ2v) is 7.97. The number of benzene rings is 2. The number of aromatic nitrogens is 3. The standard InChI is InChI=1S/C20H17ClF2N4O4S/c1-27-18(16-9-29-14-4-2-3-5-15(14)30-16)25-26-20(27)32-10-17(28)24-11-6-7-13(12(21)8-11)31-19(22)23/h2-8,16,19H,9-10H2,1H3,(H,24,28). The molecule has 2 aromatic carbocycles. The molecule has 1 N–H and O–H groups in total. The van der Waals surface area contributed by atoms with E-state index in [1.54, 1.807) is 11.6 Å². The molecule has 12 heteroatoms. The van der Waals surface area contributed by atoms with Gasteiger partial charge in [0, 0.05) is 12.7 Å². The minimum absolute atomic E-state index is 0.0371. The minimum Gasteiger partial charge on any atom is -0.485 e. The number of carbonyl (C=O) groups is 1. The summed E-state index contributed by atoms with van der Waals surface area (Å²) in [5.41, 5.74) is 0.354. The minimum atomic E-state index is -2.99. The topological polar surface area (TPSA) is 87.5 Å². The van der Waals surface area contributed by atoms with Crippen molar-refractivity contribution in [2.24, 2.45) is 7.05 Å². The fourth-order valence-electron chi connectivity index (χ4n) is 2.98. The second kappa shape index (κ2) is 9.61. The second-order valence-electron chi connectivity index (χ2n) is 6.62. The van der Waals surface area contributed by atoms with Gasteiger partial charge in [0.1, 0.15) is 12.4 Å². The molecule has 1 aromatic heterocycles. The van der Waals surface area contributed by atoms with Gasteiger partial charge in [0.05, 0.1) is 10.8 Å². The van der Waals surface area contributed by atoms with Gasteiger partial charge in [-0.05, 0) is 30.3 Å². The molecule has 8 nitrogen and oxygen atoms in total. The first-order valence-electron chi connectivity index (χ1n) is 9.35. The number of para-hydroxylation sites is 2. The third kappa shape index (κ3) is 5.05. The van der Waals surface area contributed by atoms with Crippen LogP contribution in [-0.4, -0.2) is 39.6 Å². The number of fused-ring (bicyclic) bond motifs is 1. The molecule has 1 aliphatic heterocycles. The van der Waals surface area contributed by atoms with Crippen molar-refractivity contribution in [1.29, 1.82) is 0 Å². The summed E-state index contributed by atoms with van der Waals surface area (Å²) in [6, 6.07) is 11.4. The maximum absolute atomic E-state index is 12.3. The highest BCUT2D eigenvalue weighted by molar-refractivity contribution is 7.99. The van der Waals surface area contributed by atoms with E-state index < -0.39 is 12.7 Å². The summed E-state index contributed by atoms with van der Waals surface area (Å²) in [5.74, 6) is 1.42. The summed E-state index contributed by atoms with van der Waals surface area (Å²) in [5, 5.41) is 11.4. The molecule has 0 radical (unpaired) electrons. The van der Waals surface area contributed by atoms with E-state index >= 15 is 0 Å². The number of thioether (sulfide) groups is 1. The Kier molecular flexibility index (Phi) is 6.66. The Hall–Kier alpha value is -3.05. The Balaban J connectivity index is 1.34. The number of carbonyl (C=O) groups excluding carboxylic acids is 1. The van der Waals surface area contributed by atoms with E-state index in [1.165, 1.54) is 30.0 Å². The van der Waals surface area contributed by atoms with Gasteiger partial charge >= 0.3 is 6.61 Å². The zero-order valence-electron chi connectivity index (χ0n) is 16.6. The molecular formula is C20H17ClF2N4O4S. The van der Waals surface area contributed by atoms with Crippen molar-refractivity contribution in [3.05, 3.63) is 53.3 Å². The number of ether oxygens (including phenoxy) is 3. The van der Waals surface area contributed by atoms with Gasteiger partial charge in [-0.3, -0.25) is 4.79 Å². The van der Waals surface area contributed by atoms with Crippen molar-refractivity contribution < 1.29 is 27.8 Å². The van der Waals surface area contributed by atoms with Crippen molar-refractivity contribution in [1.82, 2.24) is 14.8 Å². The number of alkyl halides is 2. The van der Waals surface area contributed by atoms with Crippen LogP contribution in [0.15, 0.2) is 47.6 Å². The Morgan fingerprint density at radius 3 is 2.84 bits per heavy atom. The lowest BCUT2D eigenvalue weighted by Gasteiger charge is -2.25. The van der Waals surface area contributed by atoms with E-state index in [0.29, 0.717) is 34.8 Å². The van der Waals surface area contributed by atoms with Gasteiger partial charge in [-0.1, -0.05) is 35.5 Å². The maximum Gasteiger partial charge on any atom is 0.387 e.